The summed E-state index contributed by atoms with van der Waals surface area (Å²) in [6, 6.07) is 2.98. The average Bonchev–Trinajstić information content (AvgIpc) is 3.19. The van der Waals surface area contributed by atoms with Crippen molar-refractivity contribution in [3.63, 3.8) is 0 Å². The van der Waals surface area contributed by atoms with E-state index in [1.807, 2.05) is 19.2 Å². The molecule has 1 aliphatic heterocycles. The highest BCUT2D eigenvalue weighted by Crippen LogP contribution is 2.51. The van der Waals surface area contributed by atoms with E-state index in [0.29, 0.717) is 28.5 Å². The van der Waals surface area contributed by atoms with Crippen molar-refractivity contribution in [3.8, 4) is 0 Å². The van der Waals surface area contributed by atoms with Gasteiger partial charge >= 0.3 is 5.97 Å². The number of thiazole rings is 1. The molecule has 3 unspecified atom stereocenters. The summed E-state index contributed by atoms with van der Waals surface area (Å²) in [6.45, 7) is 4.04. The number of aliphatic carboxylic acids is 1. The fourth-order valence-corrected chi connectivity index (χ4v) is 4.78. The van der Waals surface area contributed by atoms with Crippen molar-refractivity contribution in [1.82, 2.24) is 10.3 Å². The van der Waals surface area contributed by atoms with Crippen molar-refractivity contribution in [2.24, 2.45) is 22.1 Å². The molecule has 1 fully saturated rings. The van der Waals surface area contributed by atoms with Crippen LogP contribution >= 0.6 is 22.9 Å². The maximum Gasteiger partial charge on any atom is 0.335 e. The number of benzene rings is 1. The van der Waals surface area contributed by atoms with Crippen LogP contribution in [0.2, 0.25) is 5.02 Å². The van der Waals surface area contributed by atoms with E-state index in [1.165, 1.54) is 29.5 Å². The Morgan fingerprint density at radius 3 is 2.76 bits per heavy atom. The maximum absolute atomic E-state index is 13.6. The summed E-state index contributed by atoms with van der Waals surface area (Å²) in [4.78, 5) is 21.3. The van der Waals surface area contributed by atoms with E-state index >= 15 is 0 Å². The lowest BCUT2D eigenvalue weighted by Gasteiger charge is -2.52. The summed E-state index contributed by atoms with van der Waals surface area (Å²) < 4.78 is 13.6. The summed E-state index contributed by atoms with van der Waals surface area (Å²) >= 11 is 7.67. The monoisotopic (exact) mass is 434 g/mol. The molecule has 152 valence electrons. The van der Waals surface area contributed by atoms with Crippen LogP contribution in [0, 0.1) is 17.2 Å². The van der Waals surface area contributed by atoms with Crippen LogP contribution in [0.4, 0.5) is 4.39 Å². The second-order valence-electron chi connectivity index (χ2n) is 7.86. The van der Waals surface area contributed by atoms with Crippen LogP contribution in [0.3, 0.4) is 0 Å². The van der Waals surface area contributed by atoms with E-state index in [-0.39, 0.29) is 28.0 Å². The van der Waals surface area contributed by atoms with Gasteiger partial charge in [0.1, 0.15) is 11.9 Å². The summed E-state index contributed by atoms with van der Waals surface area (Å²) in [7, 11) is 0. The molecular weight excluding hydrogens is 415 g/mol. The van der Waals surface area contributed by atoms with E-state index in [0.717, 1.165) is 0 Å². The number of rotatable bonds is 4. The van der Waals surface area contributed by atoms with E-state index in [4.69, 9.17) is 17.3 Å². The quantitative estimate of drug-likeness (QED) is 0.680. The molecule has 29 heavy (non-hydrogen) atoms. The number of hydrogen-bond acceptors (Lipinski definition) is 6. The number of carboxylic acid groups (broad SMARTS) is 1. The predicted octanol–water partition coefficient (Wildman–Crippen LogP) is 3.74. The third-order valence-electron chi connectivity index (χ3n) is 5.89. The number of allylic oxidation sites excluding steroid dienone is 1. The van der Waals surface area contributed by atoms with E-state index < -0.39 is 17.8 Å². The second kappa shape index (κ2) is 7.19. The first-order chi connectivity index (χ1) is 13.7. The number of amidine groups is 1. The molecule has 0 radical (unpaired) electrons. The number of hydrogen-bond donors (Lipinski definition) is 3. The number of carbonyl (C=O) groups is 1. The van der Waals surface area contributed by atoms with Gasteiger partial charge in [-0.2, -0.15) is 0 Å². The molecule has 4 rings (SSSR count). The Morgan fingerprint density at radius 1 is 1.45 bits per heavy atom. The first-order valence-corrected chi connectivity index (χ1v) is 10.4. The normalized spacial score (nSPS) is 25.8. The Hall–Kier alpha value is -2.29. The topological polar surface area (TPSA) is 101 Å². The number of nitrogens with one attached hydrogen (secondary N) is 1. The molecule has 0 bridgehead atoms. The number of carboxylic acids is 1. The highest BCUT2D eigenvalue weighted by atomic mass is 35.5. The SMILES string of the molecule is CC1(C)C(N)CC1C1=C(C(=O)O)C(c2ccc(F)cc2Cl)N=C(c2nccs2)N1. The second-order valence-corrected chi connectivity index (χ2v) is 9.16. The van der Waals surface area contributed by atoms with Crippen LogP contribution in [0.5, 0.6) is 0 Å². The third-order valence-corrected chi connectivity index (χ3v) is 7.00. The fraction of sp³-hybridized carbons (Fsp3) is 0.350. The van der Waals surface area contributed by atoms with Crippen molar-refractivity contribution < 1.29 is 14.3 Å². The van der Waals surface area contributed by atoms with Crippen LogP contribution in [0.1, 0.15) is 36.9 Å². The molecule has 0 saturated heterocycles. The van der Waals surface area contributed by atoms with Gasteiger partial charge in [-0.25, -0.2) is 14.2 Å². The van der Waals surface area contributed by atoms with E-state index in [1.54, 1.807) is 6.20 Å². The average molecular weight is 435 g/mol. The standard InChI is InChI=1S/C20H20ClFN4O2S/c1-20(2)11(8-13(20)23)16-14(19(27)28)15(10-4-3-9(22)7-12(10)21)25-17(26-16)18-24-5-6-29-18/h3-7,11,13,15H,8,23H2,1-2H3,(H,25,26)(H,27,28). The Kier molecular flexibility index (Phi) is 4.96. The molecule has 1 aromatic carbocycles. The Balaban J connectivity index is 1.90. The molecule has 2 aromatic rings. The van der Waals surface area contributed by atoms with Gasteiger partial charge < -0.3 is 16.2 Å². The van der Waals surface area contributed by atoms with Crippen LogP contribution in [-0.2, 0) is 4.79 Å². The van der Waals surface area contributed by atoms with Gasteiger partial charge in [0.15, 0.2) is 10.8 Å². The number of aromatic nitrogens is 1. The Labute approximate surface area is 176 Å². The van der Waals surface area contributed by atoms with Crippen molar-refractivity contribution >= 4 is 34.7 Å². The van der Waals surface area contributed by atoms with Gasteiger partial charge in [-0.15, -0.1) is 11.3 Å². The molecule has 3 atom stereocenters. The van der Waals surface area contributed by atoms with E-state index in [9.17, 15) is 14.3 Å². The van der Waals surface area contributed by atoms with Crippen molar-refractivity contribution in [1.29, 1.82) is 0 Å². The molecule has 0 amide bonds. The first-order valence-electron chi connectivity index (χ1n) is 9.12. The van der Waals surface area contributed by atoms with Gasteiger partial charge in [-0.3, -0.25) is 4.99 Å². The Bertz CT molecular complexity index is 1040. The molecule has 2 heterocycles. The minimum atomic E-state index is -1.10. The first kappa shape index (κ1) is 20.0. The summed E-state index contributed by atoms with van der Waals surface area (Å²) in [6.07, 6.45) is 2.31. The number of aliphatic imine (C=N–C) groups is 1. The van der Waals surface area contributed by atoms with Gasteiger partial charge in [-0.05, 0) is 24.0 Å². The third kappa shape index (κ3) is 3.35. The molecule has 2 aliphatic rings. The zero-order valence-electron chi connectivity index (χ0n) is 15.8. The zero-order chi connectivity index (χ0) is 20.9. The minimum absolute atomic E-state index is 0.0353. The van der Waals surface area contributed by atoms with Gasteiger partial charge in [0.05, 0.1) is 5.57 Å². The highest BCUT2D eigenvalue weighted by Gasteiger charge is 2.50. The summed E-state index contributed by atoms with van der Waals surface area (Å²) in [5, 5.41) is 15.9. The van der Waals surface area contributed by atoms with Gasteiger partial charge in [-0.1, -0.05) is 31.5 Å². The van der Waals surface area contributed by atoms with Crippen molar-refractivity contribution in [3.05, 3.63) is 62.5 Å². The lowest BCUT2D eigenvalue weighted by Crippen LogP contribution is -2.57. The smallest absolute Gasteiger partial charge is 0.335 e. The summed E-state index contributed by atoms with van der Waals surface area (Å²) in [5.41, 5.74) is 7.00. The molecular formula is C20H20ClFN4O2S. The fourth-order valence-electron chi connectivity index (χ4n) is 3.92. The van der Waals surface area contributed by atoms with Gasteiger partial charge in [0, 0.05) is 39.8 Å². The molecule has 0 spiro atoms. The lowest BCUT2D eigenvalue weighted by molar-refractivity contribution is -0.133. The predicted molar refractivity (Wildman–Crippen MR) is 110 cm³/mol. The van der Waals surface area contributed by atoms with Crippen LogP contribution < -0.4 is 11.1 Å². The zero-order valence-corrected chi connectivity index (χ0v) is 17.4. The number of halogens is 2. The maximum atomic E-state index is 13.6. The van der Waals surface area contributed by atoms with Crippen molar-refractivity contribution in [2.75, 3.05) is 0 Å². The molecule has 1 saturated carbocycles. The Morgan fingerprint density at radius 2 is 2.21 bits per heavy atom. The van der Waals surface area contributed by atoms with E-state index in [2.05, 4.69) is 15.3 Å². The number of nitrogens with zero attached hydrogens (tertiary/aromatic N) is 2. The van der Waals surface area contributed by atoms with Crippen LogP contribution in [-0.4, -0.2) is 27.9 Å². The van der Waals surface area contributed by atoms with Crippen LogP contribution in [0.15, 0.2) is 46.0 Å². The summed E-state index contributed by atoms with van der Waals surface area (Å²) in [5.74, 6) is -1.21. The molecule has 1 aliphatic carbocycles. The van der Waals surface area contributed by atoms with Crippen LogP contribution in [0.25, 0.3) is 0 Å². The molecule has 4 N–H and O–H groups in total. The minimum Gasteiger partial charge on any atom is -0.478 e. The molecule has 1 aromatic heterocycles. The molecule has 9 heteroatoms. The lowest BCUT2D eigenvalue weighted by atomic mass is 9.57. The highest BCUT2D eigenvalue weighted by molar-refractivity contribution is 7.11. The number of nitrogens with two attached hydrogens (primary N) is 1. The van der Waals surface area contributed by atoms with Crippen molar-refractivity contribution in [2.45, 2.75) is 32.4 Å². The molecule has 6 nitrogen and oxygen atoms in total. The van der Waals surface area contributed by atoms with Gasteiger partial charge in [0.2, 0.25) is 0 Å². The van der Waals surface area contributed by atoms with Gasteiger partial charge in [0.25, 0.3) is 0 Å². The largest absolute Gasteiger partial charge is 0.478 e.